The number of benzene rings is 1. The summed E-state index contributed by atoms with van der Waals surface area (Å²) >= 11 is 0. The third kappa shape index (κ3) is 3.42. The highest BCUT2D eigenvalue weighted by Crippen LogP contribution is 2.23. The first-order valence-corrected chi connectivity index (χ1v) is 6.79. The molecule has 1 aromatic rings. The molecule has 5 nitrogen and oxygen atoms in total. The molecule has 1 saturated heterocycles. The Kier molecular flexibility index (Phi) is 4.84. The van der Waals surface area contributed by atoms with Crippen LogP contribution in [0.2, 0.25) is 0 Å². The molecule has 0 spiro atoms. The molecule has 1 aromatic carbocycles. The number of hydrogen-bond acceptors (Lipinski definition) is 4. The van der Waals surface area contributed by atoms with Crippen molar-refractivity contribution in [1.82, 2.24) is 5.32 Å². The second kappa shape index (κ2) is 6.61. The largest absolute Gasteiger partial charge is 0.497 e. The number of carbonyl (C=O) groups excluding carboxylic acids is 1. The third-order valence-corrected chi connectivity index (χ3v) is 3.49. The van der Waals surface area contributed by atoms with Crippen molar-refractivity contribution in [3.63, 3.8) is 0 Å². The van der Waals surface area contributed by atoms with E-state index >= 15 is 0 Å². The van der Waals surface area contributed by atoms with Crippen molar-refractivity contribution in [3.05, 3.63) is 23.8 Å². The van der Waals surface area contributed by atoms with Crippen molar-refractivity contribution < 1.29 is 19.0 Å². The second-order valence-corrected chi connectivity index (χ2v) is 4.91. The molecule has 1 aliphatic rings. The highest BCUT2D eigenvalue weighted by Gasteiger charge is 2.24. The number of nitrogens with one attached hydrogen (secondary N) is 1. The molecule has 1 N–H and O–H groups in total. The molecular formula is C15H21NO4. The van der Waals surface area contributed by atoms with Crippen LogP contribution in [0.4, 0.5) is 0 Å². The van der Waals surface area contributed by atoms with Crippen LogP contribution >= 0.6 is 0 Å². The molecule has 0 aliphatic carbocycles. The summed E-state index contributed by atoms with van der Waals surface area (Å²) in [5, 5.41) is 2.97. The summed E-state index contributed by atoms with van der Waals surface area (Å²) < 4.78 is 15.9. The van der Waals surface area contributed by atoms with E-state index in [0.717, 1.165) is 19.4 Å². The predicted octanol–water partition coefficient (Wildman–Crippen LogP) is 2.00. The molecule has 110 valence electrons. The van der Waals surface area contributed by atoms with Gasteiger partial charge in [-0.1, -0.05) is 0 Å². The summed E-state index contributed by atoms with van der Waals surface area (Å²) in [7, 11) is 3.12. The lowest BCUT2D eigenvalue weighted by Gasteiger charge is -2.20. The Labute approximate surface area is 119 Å². The van der Waals surface area contributed by atoms with Gasteiger partial charge in [0, 0.05) is 18.2 Å². The first-order valence-electron chi connectivity index (χ1n) is 6.79. The van der Waals surface area contributed by atoms with E-state index in [-0.39, 0.29) is 18.1 Å². The Bertz CT molecular complexity index is 447. The molecule has 0 aromatic heterocycles. The smallest absolute Gasteiger partial charge is 0.251 e. The zero-order valence-electron chi connectivity index (χ0n) is 12.1. The Morgan fingerprint density at radius 1 is 1.30 bits per heavy atom. The van der Waals surface area contributed by atoms with Gasteiger partial charge in [-0.05, 0) is 31.9 Å². The highest BCUT2D eigenvalue weighted by molar-refractivity contribution is 5.95. The zero-order chi connectivity index (χ0) is 14.5. The minimum Gasteiger partial charge on any atom is -0.497 e. The fourth-order valence-corrected chi connectivity index (χ4v) is 2.32. The van der Waals surface area contributed by atoms with Crippen molar-refractivity contribution in [2.45, 2.75) is 31.9 Å². The Morgan fingerprint density at radius 3 is 2.45 bits per heavy atom. The van der Waals surface area contributed by atoms with E-state index < -0.39 is 0 Å². The molecule has 2 rings (SSSR count). The van der Waals surface area contributed by atoms with Crippen molar-refractivity contribution in [1.29, 1.82) is 0 Å². The Balaban J connectivity index is 2.07. The molecule has 2 atom stereocenters. The van der Waals surface area contributed by atoms with E-state index in [4.69, 9.17) is 14.2 Å². The minimum absolute atomic E-state index is 0.0119. The summed E-state index contributed by atoms with van der Waals surface area (Å²) in [6, 6.07) is 5.11. The summed E-state index contributed by atoms with van der Waals surface area (Å²) in [5.41, 5.74) is 0.519. The van der Waals surface area contributed by atoms with Crippen molar-refractivity contribution >= 4 is 5.91 Å². The van der Waals surface area contributed by atoms with Crippen LogP contribution in [-0.2, 0) is 4.74 Å². The highest BCUT2D eigenvalue weighted by atomic mass is 16.5. The lowest BCUT2D eigenvalue weighted by Crippen LogP contribution is -2.40. The zero-order valence-corrected chi connectivity index (χ0v) is 12.1. The standard InChI is InChI=1S/C15H21NO4/c1-10(14-5-4-6-20-14)16-15(17)11-7-12(18-2)9-13(8-11)19-3/h7-10,14H,4-6H2,1-3H3,(H,16,17)/t10-,14+/m1/s1. The van der Waals surface area contributed by atoms with E-state index in [9.17, 15) is 4.79 Å². The van der Waals surface area contributed by atoms with Gasteiger partial charge in [0.25, 0.3) is 5.91 Å². The van der Waals surface area contributed by atoms with Crippen LogP contribution in [0.25, 0.3) is 0 Å². The molecule has 5 heteroatoms. The van der Waals surface area contributed by atoms with E-state index in [1.807, 2.05) is 6.92 Å². The van der Waals surface area contributed by atoms with E-state index in [2.05, 4.69) is 5.32 Å². The van der Waals surface area contributed by atoms with Gasteiger partial charge in [0.15, 0.2) is 0 Å². The molecule has 1 aliphatic heterocycles. The number of rotatable bonds is 5. The van der Waals surface area contributed by atoms with Gasteiger partial charge in [0.1, 0.15) is 11.5 Å². The van der Waals surface area contributed by atoms with Gasteiger partial charge in [-0.3, -0.25) is 4.79 Å². The Morgan fingerprint density at radius 2 is 1.95 bits per heavy atom. The first kappa shape index (κ1) is 14.7. The number of carbonyl (C=O) groups is 1. The summed E-state index contributed by atoms with van der Waals surface area (Å²) in [4.78, 5) is 12.3. The second-order valence-electron chi connectivity index (χ2n) is 4.91. The summed E-state index contributed by atoms with van der Waals surface area (Å²) in [6.45, 7) is 2.74. The number of hydrogen-bond donors (Lipinski definition) is 1. The average molecular weight is 279 g/mol. The molecule has 0 bridgehead atoms. The summed E-state index contributed by atoms with van der Waals surface area (Å²) in [6.07, 6.45) is 2.15. The number of amides is 1. The van der Waals surface area contributed by atoms with Gasteiger partial charge in [-0.15, -0.1) is 0 Å². The van der Waals surface area contributed by atoms with Gasteiger partial charge in [-0.25, -0.2) is 0 Å². The van der Waals surface area contributed by atoms with Gasteiger partial charge in [-0.2, -0.15) is 0 Å². The van der Waals surface area contributed by atoms with Gasteiger partial charge in [0.05, 0.1) is 26.4 Å². The monoisotopic (exact) mass is 279 g/mol. The predicted molar refractivity (Wildman–Crippen MR) is 75.4 cm³/mol. The van der Waals surface area contributed by atoms with Gasteiger partial charge >= 0.3 is 0 Å². The molecule has 1 fully saturated rings. The SMILES string of the molecule is COc1cc(OC)cc(C(=O)N[C@H](C)[C@@H]2CCCO2)c1. The van der Waals surface area contributed by atoms with E-state index in [1.165, 1.54) is 0 Å². The van der Waals surface area contributed by atoms with Crippen molar-refractivity contribution in [2.24, 2.45) is 0 Å². The van der Waals surface area contributed by atoms with Crippen LogP contribution in [0.1, 0.15) is 30.1 Å². The molecule has 0 unspecified atom stereocenters. The lowest BCUT2D eigenvalue weighted by atomic mass is 10.1. The molecule has 0 saturated carbocycles. The Hall–Kier alpha value is -1.75. The van der Waals surface area contributed by atoms with Crippen LogP contribution in [0.3, 0.4) is 0 Å². The lowest BCUT2D eigenvalue weighted by molar-refractivity contribution is 0.0712. The van der Waals surface area contributed by atoms with Crippen LogP contribution in [0, 0.1) is 0 Å². The number of methoxy groups -OCH3 is 2. The fourth-order valence-electron chi connectivity index (χ4n) is 2.32. The average Bonchev–Trinajstić information content (AvgIpc) is 3.00. The summed E-state index contributed by atoms with van der Waals surface area (Å²) in [5.74, 6) is 1.05. The van der Waals surface area contributed by atoms with Gasteiger partial charge < -0.3 is 19.5 Å². The molecular weight excluding hydrogens is 258 g/mol. The van der Waals surface area contributed by atoms with Gasteiger partial charge in [0.2, 0.25) is 0 Å². The van der Waals surface area contributed by atoms with Crippen molar-refractivity contribution in [3.8, 4) is 11.5 Å². The van der Waals surface area contributed by atoms with E-state index in [0.29, 0.717) is 17.1 Å². The maximum atomic E-state index is 12.3. The maximum absolute atomic E-state index is 12.3. The molecule has 1 amide bonds. The van der Waals surface area contributed by atoms with E-state index in [1.54, 1.807) is 32.4 Å². The number of ether oxygens (including phenoxy) is 3. The van der Waals surface area contributed by atoms with Crippen LogP contribution in [0.15, 0.2) is 18.2 Å². The molecule has 1 heterocycles. The normalized spacial score (nSPS) is 19.4. The quantitative estimate of drug-likeness (QED) is 0.895. The van der Waals surface area contributed by atoms with Crippen molar-refractivity contribution in [2.75, 3.05) is 20.8 Å². The van der Waals surface area contributed by atoms with Crippen LogP contribution in [-0.4, -0.2) is 38.9 Å². The third-order valence-electron chi connectivity index (χ3n) is 3.49. The topological polar surface area (TPSA) is 56.8 Å². The minimum atomic E-state index is -0.148. The molecule has 20 heavy (non-hydrogen) atoms. The molecule has 0 radical (unpaired) electrons. The fraction of sp³-hybridized carbons (Fsp3) is 0.533. The van der Waals surface area contributed by atoms with Crippen LogP contribution in [0.5, 0.6) is 11.5 Å². The maximum Gasteiger partial charge on any atom is 0.251 e. The first-order chi connectivity index (χ1) is 9.63. The van der Waals surface area contributed by atoms with Crippen LogP contribution < -0.4 is 14.8 Å².